The monoisotopic (exact) mass is 169 g/mol. The van der Waals surface area contributed by atoms with Crippen LogP contribution in [0.15, 0.2) is 16.7 Å². The van der Waals surface area contributed by atoms with Crippen molar-refractivity contribution in [3.05, 3.63) is 23.7 Å². The lowest BCUT2D eigenvalue weighted by Crippen LogP contribution is -2.19. The van der Waals surface area contributed by atoms with Gasteiger partial charge in [0.1, 0.15) is 5.76 Å². The maximum Gasteiger partial charge on any atom is 0.278 e. The van der Waals surface area contributed by atoms with Crippen molar-refractivity contribution in [2.24, 2.45) is 0 Å². The van der Waals surface area contributed by atoms with E-state index >= 15 is 0 Å². The average Bonchev–Trinajstić information content (AvgIpc) is 2.50. The second-order valence-electron chi connectivity index (χ2n) is 2.79. The van der Waals surface area contributed by atoms with Crippen LogP contribution in [0, 0.1) is 0 Å². The summed E-state index contributed by atoms with van der Waals surface area (Å²) < 4.78 is 5.08. The number of carbonyl (C=O) groups is 1. The molecule has 0 spiro atoms. The molecular formula is C8H11NO3. The van der Waals surface area contributed by atoms with Crippen LogP contribution < -0.4 is 5.48 Å². The summed E-state index contributed by atoms with van der Waals surface area (Å²) >= 11 is 0. The lowest BCUT2D eigenvalue weighted by atomic mass is 10.1. The van der Waals surface area contributed by atoms with Crippen molar-refractivity contribution < 1.29 is 14.4 Å². The Balaban J connectivity index is 2.99. The highest BCUT2D eigenvalue weighted by Gasteiger charge is 2.15. The first kappa shape index (κ1) is 8.80. The van der Waals surface area contributed by atoms with Crippen LogP contribution in [0.5, 0.6) is 0 Å². The van der Waals surface area contributed by atoms with Crippen LogP contribution in [0.2, 0.25) is 0 Å². The Morgan fingerprint density at radius 3 is 2.83 bits per heavy atom. The molecule has 1 aromatic rings. The third-order valence-electron chi connectivity index (χ3n) is 1.57. The number of amides is 1. The zero-order valence-electron chi connectivity index (χ0n) is 7.00. The fourth-order valence-electron chi connectivity index (χ4n) is 1.02. The van der Waals surface area contributed by atoms with Crippen LogP contribution in [0.4, 0.5) is 0 Å². The molecule has 0 aliphatic carbocycles. The van der Waals surface area contributed by atoms with Gasteiger partial charge < -0.3 is 4.42 Å². The zero-order valence-corrected chi connectivity index (χ0v) is 7.00. The van der Waals surface area contributed by atoms with Crippen LogP contribution in [0.1, 0.15) is 35.9 Å². The van der Waals surface area contributed by atoms with Gasteiger partial charge in [0.15, 0.2) is 0 Å². The summed E-state index contributed by atoms with van der Waals surface area (Å²) in [6.45, 7) is 3.82. The Morgan fingerprint density at radius 2 is 2.33 bits per heavy atom. The molecule has 12 heavy (non-hydrogen) atoms. The summed E-state index contributed by atoms with van der Waals surface area (Å²) in [5, 5.41) is 8.37. The molecule has 4 heteroatoms. The van der Waals surface area contributed by atoms with E-state index in [0.29, 0.717) is 11.3 Å². The van der Waals surface area contributed by atoms with Gasteiger partial charge in [-0.25, -0.2) is 5.48 Å². The number of nitrogens with one attached hydrogen (secondary N) is 1. The quantitative estimate of drug-likeness (QED) is 0.521. The smallest absolute Gasteiger partial charge is 0.278 e. The molecule has 1 rings (SSSR count). The van der Waals surface area contributed by atoms with Crippen molar-refractivity contribution >= 4 is 5.91 Å². The van der Waals surface area contributed by atoms with Crippen molar-refractivity contribution in [1.29, 1.82) is 0 Å². The van der Waals surface area contributed by atoms with Gasteiger partial charge in [-0.05, 0) is 6.07 Å². The topological polar surface area (TPSA) is 62.5 Å². The predicted octanol–water partition coefficient (Wildman–Crippen LogP) is 1.52. The van der Waals surface area contributed by atoms with Crippen molar-refractivity contribution in [1.82, 2.24) is 5.48 Å². The van der Waals surface area contributed by atoms with E-state index in [9.17, 15) is 4.79 Å². The Bertz CT molecular complexity index is 278. The van der Waals surface area contributed by atoms with Gasteiger partial charge in [-0.15, -0.1) is 0 Å². The second-order valence-corrected chi connectivity index (χ2v) is 2.79. The van der Waals surface area contributed by atoms with E-state index in [0.717, 1.165) is 0 Å². The number of hydroxylamine groups is 1. The van der Waals surface area contributed by atoms with E-state index in [1.165, 1.54) is 12.3 Å². The van der Waals surface area contributed by atoms with E-state index in [4.69, 9.17) is 9.62 Å². The number of hydrogen-bond donors (Lipinski definition) is 2. The summed E-state index contributed by atoms with van der Waals surface area (Å²) in [6.07, 6.45) is 1.43. The Labute approximate surface area is 70.1 Å². The minimum Gasteiger partial charge on any atom is -0.468 e. The van der Waals surface area contributed by atoms with Gasteiger partial charge in [0.2, 0.25) is 0 Å². The number of rotatable bonds is 2. The molecule has 0 unspecified atom stereocenters. The maximum absolute atomic E-state index is 11.0. The molecule has 1 amide bonds. The highest BCUT2D eigenvalue weighted by Crippen LogP contribution is 2.19. The van der Waals surface area contributed by atoms with E-state index in [1.54, 1.807) is 5.48 Å². The van der Waals surface area contributed by atoms with Gasteiger partial charge in [-0.1, -0.05) is 13.8 Å². The van der Waals surface area contributed by atoms with Crippen LogP contribution in [0.25, 0.3) is 0 Å². The number of hydrogen-bond acceptors (Lipinski definition) is 3. The molecule has 1 aromatic heterocycles. The first-order chi connectivity index (χ1) is 5.66. The molecule has 0 bridgehead atoms. The largest absolute Gasteiger partial charge is 0.468 e. The van der Waals surface area contributed by atoms with Crippen molar-refractivity contribution in [2.75, 3.05) is 0 Å². The molecule has 0 atom stereocenters. The van der Waals surface area contributed by atoms with Gasteiger partial charge in [-0.2, -0.15) is 0 Å². The van der Waals surface area contributed by atoms with E-state index < -0.39 is 5.91 Å². The van der Waals surface area contributed by atoms with Crippen LogP contribution in [-0.4, -0.2) is 11.1 Å². The molecule has 1 heterocycles. The number of carbonyl (C=O) groups excluding carboxylic acids is 1. The first-order valence-corrected chi connectivity index (χ1v) is 3.68. The highest BCUT2D eigenvalue weighted by molar-refractivity contribution is 5.94. The summed E-state index contributed by atoms with van der Waals surface area (Å²) in [7, 11) is 0. The number of furan rings is 1. The highest BCUT2D eigenvalue weighted by atomic mass is 16.5. The van der Waals surface area contributed by atoms with Crippen molar-refractivity contribution in [2.45, 2.75) is 19.8 Å². The third kappa shape index (κ3) is 1.48. The fourth-order valence-corrected chi connectivity index (χ4v) is 1.02. The van der Waals surface area contributed by atoms with Crippen molar-refractivity contribution in [3.8, 4) is 0 Å². The van der Waals surface area contributed by atoms with Crippen LogP contribution in [-0.2, 0) is 0 Å². The Hall–Kier alpha value is -1.29. The van der Waals surface area contributed by atoms with E-state index in [1.807, 2.05) is 13.8 Å². The molecule has 4 nitrogen and oxygen atoms in total. The Morgan fingerprint density at radius 1 is 1.67 bits per heavy atom. The molecule has 66 valence electrons. The van der Waals surface area contributed by atoms with Crippen LogP contribution in [0.3, 0.4) is 0 Å². The molecule has 2 N–H and O–H groups in total. The molecule has 0 fully saturated rings. The van der Waals surface area contributed by atoms with E-state index in [2.05, 4.69) is 0 Å². The normalized spacial score (nSPS) is 10.3. The fraction of sp³-hybridized carbons (Fsp3) is 0.375. The molecule has 0 saturated heterocycles. The summed E-state index contributed by atoms with van der Waals surface area (Å²) in [5.41, 5.74) is 1.95. The zero-order chi connectivity index (χ0) is 9.14. The maximum atomic E-state index is 11.0. The molecule has 0 aliphatic heterocycles. The van der Waals surface area contributed by atoms with Gasteiger partial charge >= 0.3 is 0 Å². The van der Waals surface area contributed by atoms with Gasteiger partial charge in [-0.3, -0.25) is 10.0 Å². The van der Waals surface area contributed by atoms with E-state index in [-0.39, 0.29) is 5.92 Å². The SMILES string of the molecule is CC(C)c1occc1C(=O)NO. The molecule has 0 saturated carbocycles. The first-order valence-electron chi connectivity index (χ1n) is 3.68. The van der Waals surface area contributed by atoms with Gasteiger partial charge in [0, 0.05) is 5.92 Å². The molecule has 0 aromatic carbocycles. The summed E-state index contributed by atoms with van der Waals surface area (Å²) in [4.78, 5) is 11.0. The Kier molecular flexibility index (Phi) is 2.50. The van der Waals surface area contributed by atoms with Crippen LogP contribution >= 0.6 is 0 Å². The molecule has 0 radical (unpaired) electrons. The standard InChI is InChI=1S/C8H11NO3/c1-5(2)7-6(3-4-12-7)8(10)9-11/h3-5,11H,1-2H3,(H,9,10). The molecular weight excluding hydrogens is 158 g/mol. The second kappa shape index (κ2) is 3.40. The minimum atomic E-state index is -0.535. The minimum absolute atomic E-state index is 0.132. The average molecular weight is 169 g/mol. The van der Waals surface area contributed by atoms with Gasteiger partial charge in [0.05, 0.1) is 11.8 Å². The third-order valence-corrected chi connectivity index (χ3v) is 1.57. The predicted molar refractivity (Wildman–Crippen MR) is 42.0 cm³/mol. The lowest BCUT2D eigenvalue weighted by Gasteiger charge is -2.02. The molecule has 0 aliphatic rings. The van der Waals surface area contributed by atoms with Crippen molar-refractivity contribution in [3.63, 3.8) is 0 Å². The lowest BCUT2D eigenvalue weighted by molar-refractivity contribution is 0.0703. The summed E-state index contributed by atoms with van der Waals surface area (Å²) in [5.74, 6) is 0.182. The van der Waals surface area contributed by atoms with Gasteiger partial charge in [0.25, 0.3) is 5.91 Å². The summed E-state index contributed by atoms with van der Waals surface area (Å²) in [6, 6.07) is 1.53.